The predicted molar refractivity (Wildman–Crippen MR) is 199 cm³/mol. The molecule has 5 heteroatoms. The van der Waals surface area contributed by atoms with Gasteiger partial charge in [-0.05, 0) is 68.8 Å². The monoisotopic (exact) mass is 719 g/mol. The maximum Gasteiger partial charge on any atom is 0.0704 e. The molecule has 0 atom stereocenters. The van der Waals surface area contributed by atoms with Gasteiger partial charge in [-0.3, -0.25) is 0 Å². The van der Waals surface area contributed by atoms with E-state index < -0.39 is 0 Å². The molecule has 1 radical (unpaired) electrons. The summed E-state index contributed by atoms with van der Waals surface area (Å²) >= 11 is 0. The maximum absolute atomic E-state index is 5.31. The predicted octanol–water partition coefficient (Wildman–Crippen LogP) is 10.6. The molecule has 9 rings (SSSR count). The molecule has 4 nitrogen and oxygen atoms in total. The number of nitrogens with zero attached hydrogens (tertiary/aromatic N) is 4. The van der Waals surface area contributed by atoms with Gasteiger partial charge in [-0.15, -0.1) is 22.1 Å². The second-order valence-corrected chi connectivity index (χ2v) is 11.8. The standard InChI is InChI=1S/C44H28N4.Ag/c1-5-13-29(14-6-1)41-33-21-23-35(45-33)42(30-15-7-2-8-16-30)37-25-27-39(47-37)44(32-19-11-4-12-20-32)40-28-26-38(48-40)43(31-17-9-3-10-18-31)36-24-22-34(41)46-36;/h1-28H;/q-2;. The van der Waals surface area contributed by atoms with E-state index in [4.69, 9.17) is 19.9 Å². The Bertz CT molecular complexity index is 2180. The van der Waals surface area contributed by atoms with Crippen LogP contribution in [-0.4, -0.2) is 9.97 Å². The van der Waals surface area contributed by atoms with E-state index in [-0.39, 0.29) is 22.4 Å². The van der Waals surface area contributed by atoms with E-state index in [9.17, 15) is 0 Å². The van der Waals surface area contributed by atoms with Crippen LogP contribution in [0, 0.1) is 0 Å². The van der Waals surface area contributed by atoms with Crippen LogP contribution in [0.3, 0.4) is 0 Å². The molecule has 0 amide bonds. The summed E-state index contributed by atoms with van der Waals surface area (Å²) in [6.45, 7) is 0. The summed E-state index contributed by atoms with van der Waals surface area (Å²) < 4.78 is 0. The first-order valence-electron chi connectivity index (χ1n) is 16.1. The maximum atomic E-state index is 5.31. The fourth-order valence-corrected chi connectivity index (χ4v) is 6.69. The molecule has 8 bridgehead atoms. The molecule has 0 N–H and O–H groups in total. The SMILES string of the molecule is C1=Cc2nc1c(-c1ccccc1)c1ccc([n-]1)c(-c1ccccc1)c1nc(c(-c3ccccc3)c3ccc([n-]3)c2-c2ccccc2)C=C1.[Ag]. The van der Waals surface area contributed by atoms with Crippen LogP contribution in [-0.2, 0) is 22.4 Å². The average molecular weight is 721 g/mol. The Morgan fingerprint density at radius 3 is 0.735 bits per heavy atom. The van der Waals surface area contributed by atoms with Crippen LogP contribution >= 0.6 is 0 Å². The number of aromatic nitrogens is 4. The van der Waals surface area contributed by atoms with Gasteiger partial charge in [0.15, 0.2) is 0 Å². The van der Waals surface area contributed by atoms with E-state index in [1.54, 1.807) is 0 Å². The van der Waals surface area contributed by atoms with Crippen molar-refractivity contribution in [2.75, 3.05) is 0 Å². The van der Waals surface area contributed by atoms with Crippen LogP contribution in [0.25, 0.3) is 90.9 Å². The van der Waals surface area contributed by atoms with Gasteiger partial charge >= 0.3 is 0 Å². The summed E-state index contributed by atoms with van der Waals surface area (Å²) in [6.07, 6.45) is 8.41. The molecule has 237 valence electrons. The Labute approximate surface area is 300 Å². The van der Waals surface area contributed by atoms with Gasteiger partial charge in [0.1, 0.15) is 0 Å². The number of fused-ring (bicyclic) bond motifs is 8. The van der Waals surface area contributed by atoms with Crippen LogP contribution in [0.5, 0.6) is 0 Å². The van der Waals surface area contributed by atoms with Crippen LogP contribution in [0.2, 0.25) is 0 Å². The summed E-state index contributed by atoms with van der Waals surface area (Å²) in [6, 6.07) is 50.0. The Balaban J connectivity index is 0.00000348. The molecule has 49 heavy (non-hydrogen) atoms. The number of hydrogen-bond acceptors (Lipinski definition) is 2. The second kappa shape index (κ2) is 13.0. The quantitative estimate of drug-likeness (QED) is 0.170. The van der Waals surface area contributed by atoms with Gasteiger partial charge in [-0.2, -0.15) is 0 Å². The molecule has 0 spiro atoms. The third kappa shape index (κ3) is 5.62. The zero-order valence-electron chi connectivity index (χ0n) is 26.3. The minimum atomic E-state index is 0. The van der Waals surface area contributed by atoms with Crippen molar-refractivity contribution >= 4 is 46.4 Å². The van der Waals surface area contributed by atoms with Crippen molar-refractivity contribution in [3.63, 3.8) is 0 Å². The minimum Gasteiger partial charge on any atom is -0.657 e. The van der Waals surface area contributed by atoms with E-state index in [2.05, 4.69) is 146 Å². The molecular weight excluding hydrogens is 692 g/mol. The zero-order chi connectivity index (χ0) is 31.9. The molecule has 0 saturated carbocycles. The Hall–Kier alpha value is -5.78. The third-order valence-corrected chi connectivity index (χ3v) is 8.86. The first-order valence-corrected chi connectivity index (χ1v) is 16.1. The van der Waals surface area contributed by atoms with E-state index in [1.807, 2.05) is 24.3 Å². The molecule has 0 aliphatic carbocycles. The third-order valence-electron chi connectivity index (χ3n) is 8.86. The van der Waals surface area contributed by atoms with Gasteiger partial charge in [-0.1, -0.05) is 146 Å². The van der Waals surface area contributed by atoms with Gasteiger partial charge in [0.2, 0.25) is 0 Å². The molecular formula is C44H28AgN4-2. The van der Waals surface area contributed by atoms with Gasteiger partial charge in [0.25, 0.3) is 0 Å². The molecule has 2 aliphatic heterocycles. The molecule has 4 aromatic carbocycles. The Morgan fingerprint density at radius 1 is 0.286 bits per heavy atom. The largest absolute Gasteiger partial charge is 0.657 e. The van der Waals surface area contributed by atoms with Crippen LogP contribution in [0.1, 0.15) is 22.8 Å². The first-order chi connectivity index (χ1) is 23.8. The molecule has 0 unspecified atom stereocenters. The molecule has 2 aliphatic rings. The van der Waals surface area contributed by atoms with Crippen molar-refractivity contribution in [1.82, 2.24) is 19.9 Å². The van der Waals surface area contributed by atoms with Crippen molar-refractivity contribution in [2.24, 2.45) is 0 Å². The van der Waals surface area contributed by atoms with E-state index in [1.165, 1.54) is 0 Å². The molecule has 0 fully saturated rings. The van der Waals surface area contributed by atoms with Crippen molar-refractivity contribution < 1.29 is 22.4 Å². The molecule has 0 saturated heterocycles. The van der Waals surface area contributed by atoms with Gasteiger partial charge in [0, 0.05) is 22.4 Å². The minimum absolute atomic E-state index is 0. The molecule has 3 aromatic heterocycles. The number of hydrogen-bond donors (Lipinski definition) is 0. The smallest absolute Gasteiger partial charge is 0.0704 e. The number of benzene rings is 4. The first kappa shape index (κ1) is 30.5. The van der Waals surface area contributed by atoms with Crippen molar-refractivity contribution in [3.05, 3.63) is 168 Å². The van der Waals surface area contributed by atoms with Crippen LogP contribution in [0.4, 0.5) is 0 Å². The van der Waals surface area contributed by atoms with Crippen LogP contribution in [0.15, 0.2) is 146 Å². The van der Waals surface area contributed by atoms with Crippen molar-refractivity contribution in [2.45, 2.75) is 0 Å². The molecule has 7 aromatic rings. The van der Waals surface area contributed by atoms with Crippen molar-refractivity contribution in [3.8, 4) is 44.5 Å². The topological polar surface area (TPSA) is 54.0 Å². The van der Waals surface area contributed by atoms with Gasteiger partial charge in [0.05, 0.1) is 22.8 Å². The summed E-state index contributed by atoms with van der Waals surface area (Å²) in [7, 11) is 0. The normalized spacial score (nSPS) is 11.8. The summed E-state index contributed by atoms with van der Waals surface area (Å²) in [4.78, 5) is 21.2. The van der Waals surface area contributed by atoms with E-state index in [0.717, 1.165) is 89.4 Å². The fourth-order valence-electron chi connectivity index (χ4n) is 6.69. The molecule has 5 heterocycles. The van der Waals surface area contributed by atoms with E-state index >= 15 is 0 Å². The summed E-state index contributed by atoms with van der Waals surface area (Å²) in [5.74, 6) is 0. The van der Waals surface area contributed by atoms with Gasteiger partial charge < -0.3 is 9.97 Å². The van der Waals surface area contributed by atoms with E-state index in [0.29, 0.717) is 0 Å². The Kier molecular flexibility index (Phi) is 8.12. The van der Waals surface area contributed by atoms with Gasteiger partial charge in [-0.25, -0.2) is 9.97 Å². The second-order valence-electron chi connectivity index (χ2n) is 11.8. The van der Waals surface area contributed by atoms with Crippen molar-refractivity contribution in [1.29, 1.82) is 0 Å². The summed E-state index contributed by atoms with van der Waals surface area (Å²) in [5, 5.41) is 0. The zero-order valence-corrected chi connectivity index (χ0v) is 27.7. The Morgan fingerprint density at radius 2 is 0.510 bits per heavy atom. The fraction of sp³-hybridized carbons (Fsp3) is 0. The number of rotatable bonds is 4. The van der Waals surface area contributed by atoms with Crippen LogP contribution < -0.4 is 9.97 Å². The average Bonchev–Trinajstić information content (AvgIpc) is 3.98. The summed E-state index contributed by atoms with van der Waals surface area (Å²) in [5.41, 5.74) is 15.0.